The highest BCUT2D eigenvalue weighted by atomic mass is 16.6. The van der Waals surface area contributed by atoms with E-state index < -0.39 is 4.92 Å². The molecule has 190 valence electrons. The van der Waals surface area contributed by atoms with Crippen molar-refractivity contribution in [1.82, 2.24) is 0 Å². The molecule has 8 heteroatoms. The number of carbonyl (C=O) groups is 3. The van der Waals surface area contributed by atoms with E-state index in [1.807, 2.05) is 31.2 Å². The number of carbonyl (C=O) groups excluding carboxylic acids is 3. The van der Waals surface area contributed by atoms with Crippen LogP contribution in [0.15, 0.2) is 97.1 Å². The first kappa shape index (κ1) is 26.0. The molecule has 0 aromatic heterocycles. The minimum absolute atomic E-state index is 0.00496. The van der Waals surface area contributed by atoms with E-state index in [0.29, 0.717) is 22.5 Å². The second kappa shape index (κ2) is 11.7. The molecule has 0 fully saturated rings. The Labute approximate surface area is 219 Å². The molecule has 0 aliphatic carbocycles. The third-order valence-electron chi connectivity index (χ3n) is 5.86. The first-order valence-corrected chi connectivity index (χ1v) is 11.9. The Bertz CT molecular complexity index is 1480. The summed E-state index contributed by atoms with van der Waals surface area (Å²) in [6.45, 7) is 1.97. The molecule has 4 rings (SSSR count). The van der Waals surface area contributed by atoms with Gasteiger partial charge in [0.1, 0.15) is 0 Å². The molecule has 0 bridgehead atoms. The molecule has 0 aliphatic heterocycles. The Morgan fingerprint density at radius 3 is 1.92 bits per heavy atom. The van der Waals surface area contributed by atoms with Crippen molar-refractivity contribution in [2.45, 2.75) is 19.8 Å². The molecule has 2 amide bonds. The van der Waals surface area contributed by atoms with Crippen molar-refractivity contribution < 1.29 is 19.3 Å². The zero-order valence-corrected chi connectivity index (χ0v) is 20.6. The average molecular weight is 508 g/mol. The third kappa shape index (κ3) is 6.76. The van der Waals surface area contributed by atoms with Crippen LogP contribution < -0.4 is 10.6 Å². The van der Waals surface area contributed by atoms with Crippen molar-refractivity contribution in [3.63, 3.8) is 0 Å². The average Bonchev–Trinajstić information content (AvgIpc) is 2.91. The number of hydrogen-bond donors (Lipinski definition) is 2. The Hall–Kier alpha value is -5.11. The maximum absolute atomic E-state index is 13.3. The lowest BCUT2D eigenvalue weighted by Crippen LogP contribution is -2.18. The van der Waals surface area contributed by atoms with Crippen LogP contribution >= 0.6 is 0 Å². The van der Waals surface area contributed by atoms with Gasteiger partial charge in [0.25, 0.3) is 5.69 Å². The van der Waals surface area contributed by atoms with E-state index in [1.165, 1.54) is 30.3 Å². The molecular formula is C30H25N3O5. The number of amides is 2. The van der Waals surface area contributed by atoms with E-state index in [-0.39, 0.29) is 41.7 Å². The summed E-state index contributed by atoms with van der Waals surface area (Å²) in [7, 11) is 0. The number of ketones is 1. The van der Waals surface area contributed by atoms with Crippen molar-refractivity contribution in [1.29, 1.82) is 0 Å². The van der Waals surface area contributed by atoms with Gasteiger partial charge in [0, 0.05) is 28.9 Å². The van der Waals surface area contributed by atoms with Crippen molar-refractivity contribution in [2.24, 2.45) is 0 Å². The summed E-state index contributed by atoms with van der Waals surface area (Å²) in [5.41, 5.74) is 3.89. The summed E-state index contributed by atoms with van der Waals surface area (Å²) in [6.07, 6.45) is 0.141. The lowest BCUT2D eigenvalue weighted by atomic mass is 10.0. The van der Waals surface area contributed by atoms with Crippen molar-refractivity contribution in [3.8, 4) is 0 Å². The molecule has 38 heavy (non-hydrogen) atoms. The molecule has 0 spiro atoms. The monoisotopic (exact) mass is 507 g/mol. The molecule has 0 saturated heterocycles. The molecule has 4 aromatic carbocycles. The van der Waals surface area contributed by atoms with Crippen molar-refractivity contribution in [3.05, 3.63) is 135 Å². The fourth-order valence-corrected chi connectivity index (χ4v) is 3.88. The van der Waals surface area contributed by atoms with Gasteiger partial charge in [-0.15, -0.1) is 0 Å². The van der Waals surface area contributed by atoms with Crippen LogP contribution in [-0.2, 0) is 22.4 Å². The van der Waals surface area contributed by atoms with Crippen LogP contribution in [0.2, 0.25) is 0 Å². The normalized spacial score (nSPS) is 10.4. The predicted molar refractivity (Wildman–Crippen MR) is 145 cm³/mol. The van der Waals surface area contributed by atoms with Gasteiger partial charge < -0.3 is 10.6 Å². The standard InChI is InChI=1S/C30H25N3O5/c1-20-7-9-21(10-8-20)18-29(35)32-27-16-13-24(19-26(27)30(36)23-5-3-2-4-6-23)31-28(34)17-22-11-14-25(15-12-22)33(37)38/h2-16,19H,17-18H2,1H3,(H,31,34)(H,32,35). The number of hydrogen-bond acceptors (Lipinski definition) is 5. The number of rotatable bonds is 9. The maximum Gasteiger partial charge on any atom is 0.269 e. The van der Waals surface area contributed by atoms with Crippen LogP contribution in [0.4, 0.5) is 17.1 Å². The Balaban J connectivity index is 1.53. The lowest BCUT2D eigenvalue weighted by molar-refractivity contribution is -0.384. The van der Waals surface area contributed by atoms with Crippen molar-refractivity contribution in [2.75, 3.05) is 10.6 Å². The van der Waals surface area contributed by atoms with E-state index in [1.54, 1.807) is 42.5 Å². The molecule has 0 radical (unpaired) electrons. The van der Waals surface area contributed by atoms with Crippen LogP contribution in [0.1, 0.15) is 32.6 Å². The zero-order chi connectivity index (χ0) is 27.1. The quantitative estimate of drug-likeness (QED) is 0.176. The van der Waals surface area contributed by atoms with Gasteiger partial charge in [0.2, 0.25) is 11.8 Å². The Morgan fingerprint density at radius 2 is 1.32 bits per heavy atom. The molecule has 8 nitrogen and oxygen atoms in total. The summed E-state index contributed by atoms with van der Waals surface area (Å²) < 4.78 is 0. The zero-order valence-electron chi connectivity index (χ0n) is 20.6. The topological polar surface area (TPSA) is 118 Å². The van der Waals surface area contributed by atoms with Gasteiger partial charge in [-0.1, -0.05) is 72.3 Å². The highest BCUT2D eigenvalue weighted by molar-refractivity contribution is 6.14. The van der Waals surface area contributed by atoms with E-state index >= 15 is 0 Å². The Morgan fingerprint density at radius 1 is 0.737 bits per heavy atom. The number of non-ortho nitro benzene ring substituents is 1. The molecular weight excluding hydrogens is 482 g/mol. The largest absolute Gasteiger partial charge is 0.326 e. The van der Waals surface area contributed by atoms with E-state index in [4.69, 9.17) is 0 Å². The smallest absolute Gasteiger partial charge is 0.269 e. The van der Waals surface area contributed by atoms with Gasteiger partial charge in [-0.3, -0.25) is 24.5 Å². The molecule has 0 unspecified atom stereocenters. The summed E-state index contributed by atoms with van der Waals surface area (Å²) in [4.78, 5) is 49.1. The van der Waals surface area contributed by atoms with Gasteiger partial charge in [-0.25, -0.2) is 0 Å². The van der Waals surface area contributed by atoms with Gasteiger partial charge in [0.05, 0.1) is 23.5 Å². The SMILES string of the molecule is Cc1ccc(CC(=O)Nc2ccc(NC(=O)Cc3ccc([N+](=O)[O-])cc3)cc2C(=O)c2ccccc2)cc1. The molecule has 0 saturated carbocycles. The first-order chi connectivity index (χ1) is 18.3. The van der Waals surface area contributed by atoms with Crippen LogP contribution in [0, 0.1) is 17.0 Å². The number of benzene rings is 4. The number of nitro benzene ring substituents is 1. The van der Waals surface area contributed by atoms with E-state index in [0.717, 1.165) is 11.1 Å². The third-order valence-corrected chi connectivity index (χ3v) is 5.86. The van der Waals surface area contributed by atoms with Crippen LogP contribution in [0.25, 0.3) is 0 Å². The number of nitrogens with zero attached hydrogens (tertiary/aromatic N) is 1. The maximum atomic E-state index is 13.3. The molecule has 4 aromatic rings. The lowest BCUT2D eigenvalue weighted by Gasteiger charge is -2.14. The van der Waals surface area contributed by atoms with Gasteiger partial charge in [-0.2, -0.15) is 0 Å². The fourth-order valence-electron chi connectivity index (χ4n) is 3.88. The Kier molecular flexibility index (Phi) is 8.03. The van der Waals surface area contributed by atoms with Gasteiger partial charge >= 0.3 is 0 Å². The minimum atomic E-state index is -0.504. The molecule has 0 atom stereocenters. The highest BCUT2D eigenvalue weighted by Gasteiger charge is 2.17. The van der Waals surface area contributed by atoms with Gasteiger partial charge in [0.15, 0.2) is 5.78 Å². The van der Waals surface area contributed by atoms with Crippen LogP contribution in [0.3, 0.4) is 0 Å². The van der Waals surface area contributed by atoms with Crippen LogP contribution in [-0.4, -0.2) is 22.5 Å². The fraction of sp³-hybridized carbons (Fsp3) is 0.100. The summed E-state index contributed by atoms with van der Waals surface area (Å²) >= 11 is 0. The summed E-state index contributed by atoms with van der Waals surface area (Å²) in [5, 5.41) is 16.4. The first-order valence-electron chi connectivity index (χ1n) is 11.9. The second-order valence-corrected chi connectivity index (χ2v) is 8.81. The number of anilines is 2. The number of nitro groups is 1. The summed E-state index contributed by atoms with van der Waals surface area (Å²) in [5.74, 6) is -0.929. The number of nitrogens with one attached hydrogen (secondary N) is 2. The highest BCUT2D eigenvalue weighted by Crippen LogP contribution is 2.25. The van der Waals surface area contributed by atoms with Gasteiger partial charge in [-0.05, 0) is 36.2 Å². The number of aryl methyl sites for hydroxylation is 1. The van der Waals surface area contributed by atoms with E-state index in [2.05, 4.69) is 10.6 Å². The van der Waals surface area contributed by atoms with Crippen molar-refractivity contribution >= 4 is 34.7 Å². The van der Waals surface area contributed by atoms with Crippen LogP contribution in [0.5, 0.6) is 0 Å². The minimum Gasteiger partial charge on any atom is -0.326 e. The second-order valence-electron chi connectivity index (χ2n) is 8.81. The molecule has 0 aliphatic rings. The van der Waals surface area contributed by atoms with E-state index in [9.17, 15) is 24.5 Å². The summed E-state index contributed by atoms with van der Waals surface area (Å²) in [6, 6.07) is 26.7. The molecule has 0 heterocycles. The predicted octanol–water partition coefficient (Wildman–Crippen LogP) is 5.50. The molecule has 2 N–H and O–H groups in total.